The highest BCUT2D eigenvalue weighted by Crippen LogP contribution is 2.27. The number of ether oxygens (including phenoxy) is 1. The number of non-ortho nitro benzene ring substituents is 1. The van der Waals surface area contributed by atoms with Gasteiger partial charge < -0.3 is 9.15 Å². The summed E-state index contributed by atoms with van der Waals surface area (Å²) in [5, 5.41) is 17.9. The van der Waals surface area contributed by atoms with Crippen molar-refractivity contribution in [1.82, 2.24) is 10.2 Å². The Bertz CT molecular complexity index is 654. The third-order valence-electron chi connectivity index (χ3n) is 2.13. The summed E-state index contributed by atoms with van der Waals surface area (Å²) in [5.74, 6) is -1.21. The summed E-state index contributed by atoms with van der Waals surface area (Å²) < 4.78 is 9.44. The second-order valence-electron chi connectivity index (χ2n) is 3.36. The van der Waals surface area contributed by atoms with Crippen LogP contribution >= 0.6 is 11.6 Å². The molecular weight excluding hydrogens is 278 g/mol. The van der Waals surface area contributed by atoms with Crippen molar-refractivity contribution in [3.63, 3.8) is 0 Å². The van der Waals surface area contributed by atoms with E-state index in [9.17, 15) is 14.9 Å². The second-order valence-corrected chi connectivity index (χ2v) is 3.80. The van der Waals surface area contributed by atoms with Crippen molar-refractivity contribution in [2.45, 2.75) is 0 Å². The Kier molecular flexibility index (Phi) is 3.43. The highest BCUT2D eigenvalue weighted by molar-refractivity contribution is 6.31. The molecule has 2 aromatic rings. The standard InChI is InChI=1S/C10H6ClN3O5/c1-18-10(15)9-13-12-8(19-9)5-2-6(11)4-7(3-5)14(16)17/h2-4H,1H3. The molecule has 2 rings (SSSR count). The van der Waals surface area contributed by atoms with E-state index < -0.39 is 10.9 Å². The molecule has 0 spiro atoms. The molecule has 0 saturated carbocycles. The molecule has 0 saturated heterocycles. The van der Waals surface area contributed by atoms with Gasteiger partial charge in [-0.15, -0.1) is 10.2 Å². The summed E-state index contributed by atoms with van der Waals surface area (Å²) in [6.45, 7) is 0. The molecule has 0 aliphatic carbocycles. The highest BCUT2D eigenvalue weighted by atomic mass is 35.5. The van der Waals surface area contributed by atoms with Crippen molar-refractivity contribution in [1.29, 1.82) is 0 Å². The lowest BCUT2D eigenvalue weighted by molar-refractivity contribution is -0.384. The largest absolute Gasteiger partial charge is 0.462 e. The minimum absolute atomic E-state index is 0.0639. The van der Waals surface area contributed by atoms with E-state index in [0.717, 1.165) is 7.11 Å². The van der Waals surface area contributed by atoms with Gasteiger partial charge in [0.25, 0.3) is 5.69 Å². The Labute approximate surface area is 111 Å². The van der Waals surface area contributed by atoms with E-state index in [4.69, 9.17) is 16.0 Å². The molecule has 9 heteroatoms. The van der Waals surface area contributed by atoms with Crippen LogP contribution in [0.4, 0.5) is 5.69 Å². The summed E-state index contributed by atoms with van der Waals surface area (Å²) in [5.41, 5.74) is 0.0159. The maximum absolute atomic E-state index is 11.1. The molecular formula is C10H6ClN3O5. The van der Waals surface area contributed by atoms with Crippen LogP contribution in [-0.2, 0) is 4.74 Å². The van der Waals surface area contributed by atoms with Gasteiger partial charge in [0.2, 0.25) is 5.89 Å². The number of esters is 1. The molecule has 0 amide bonds. The Balaban J connectivity index is 2.44. The predicted molar refractivity (Wildman–Crippen MR) is 62.7 cm³/mol. The Morgan fingerprint density at radius 1 is 1.42 bits per heavy atom. The van der Waals surface area contributed by atoms with Crippen molar-refractivity contribution in [3.8, 4) is 11.5 Å². The second kappa shape index (κ2) is 5.02. The third kappa shape index (κ3) is 2.68. The van der Waals surface area contributed by atoms with Crippen LogP contribution in [0.15, 0.2) is 22.6 Å². The quantitative estimate of drug-likeness (QED) is 0.482. The smallest absolute Gasteiger partial charge is 0.396 e. The van der Waals surface area contributed by atoms with Crippen molar-refractivity contribution < 1.29 is 18.9 Å². The van der Waals surface area contributed by atoms with Gasteiger partial charge in [-0.05, 0) is 6.07 Å². The molecule has 0 radical (unpaired) electrons. The first-order valence-electron chi connectivity index (χ1n) is 4.88. The normalized spacial score (nSPS) is 10.2. The fourth-order valence-corrected chi connectivity index (χ4v) is 1.54. The third-order valence-corrected chi connectivity index (χ3v) is 2.34. The maximum Gasteiger partial charge on any atom is 0.396 e. The van der Waals surface area contributed by atoms with Gasteiger partial charge in [0.05, 0.1) is 12.0 Å². The van der Waals surface area contributed by atoms with Crippen molar-refractivity contribution in [2.75, 3.05) is 7.11 Å². The molecule has 0 atom stereocenters. The van der Waals surface area contributed by atoms with E-state index in [2.05, 4.69) is 14.9 Å². The zero-order valence-corrected chi connectivity index (χ0v) is 10.2. The van der Waals surface area contributed by atoms with E-state index in [1.807, 2.05) is 0 Å². The molecule has 1 aromatic carbocycles. The van der Waals surface area contributed by atoms with Crippen LogP contribution in [0.1, 0.15) is 10.7 Å². The van der Waals surface area contributed by atoms with Crippen LogP contribution in [0.2, 0.25) is 5.02 Å². The minimum atomic E-state index is -0.796. The number of nitro groups is 1. The van der Waals surface area contributed by atoms with Crippen LogP contribution in [0.25, 0.3) is 11.5 Å². The van der Waals surface area contributed by atoms with E-state index in [1.54, 1.807) is 0 Å². The molecule has 0 bridgehead atoms. The van der Waals surface area contributed by atoms with E-state index in [0.29, 0.717) is 0 Å². The Morgan fingerprint density at radius 2 is 2.16 bits per heavy atom. The molecule has 1 aromatic heterocycles. The van der Waals surface area contributed by atoms with E-state index >= 15 is 0 Å². The van der Waals surface area contributed by atoms with Crippen LogP contribution < -0.4 is 0 Å². The number of aromatic nitrogens is 2. The minimum Gasteiger partial charge on any atom is -0.462 e. The number of benzene rings is 1. The fourth-order valence-electron chi connectivity index (χ4n) is 1.31. The molecule has 1 heterocycles. The topological polar surface area (TPSA) is 108 Å². The number of nitrogens with zero attached hydrogens (tertiary/aromatic N) is 3. The van der Waals surface area contributed by atoms with Gasteiger partial charge in [0.15, 0.2) is 0 Å². The van der Waals surface area contributed by atoms with Gasteiger partial charge in [-0.3, -0.25) is 10.1 Å². The first kappa shape index (κ1) is 13.0. The average molecular weight is 284 g/mol. The molecule has 0 fully saturated rings. The number of methoxy groups -OCH3 is 1. The van der Waals surface area contributed by atoms with E-state index in [1.165, 1.54) is 18.2 Å². The van der Waals surface area contributed by atoms with Gasteiger partial charge in [-0.1, -0.05) is 11.6 Å². The van der Waals surface area contributed by atoms with Gasteiger partial charge in [0, 0.05) is 22.7 Å². The maximum atomic E-state index is 11.1. The summed E-state index contributed by atoms with van der Waals surface area (Å²) in [6.07, 6.45) is 0. The number of rotatable bonds is 3. The molecule has 0 N–H and O–H groups in total. The van der Waals surface area contributed by atoms with Crippen LogP contribution in [0.5, 0.6) is 0 Å². The van der Waals surface area contributed by atoms with Crippen molar-refractivity contribution in [3.05, 3.63) is 39.2 Å². The molecule has 0 unspecified atom stereocenters. The summed E-state index contributed by atoms with van der Waals surface area (Å²) in [4.78, 5) is 21.2. The monoisotopic (exact) mass is 283 g/mol. The number of carbonyl (C=O) groups is 1. The Morgan fingerprint density at radius 3 is 2.79 bits per heavy atom. The van der Waals surface area contributed by atoms with Gasteiger partial charge in [-0.25, -0.2) is 4.79 Å². The number of halogens is 1. The molecule has 0 aliphatic heterocycles. The summed E-state index contributed by atoms with van der Waals surface area (Å²) in [6, 6.07) is 3.80. The van der Waals surface area contributed by atoms with Crippen molar-refractivity contribution >= 4 is 23.3 Å². The fraction of sp³-hybridized carbons (Fsp3) is 0.100. The molecule has 98 valence electrons. The van der Waals surface area contributed by atoms with E-state index in [-0.39, 0.29) is 28.1 Å². The van der Waals surface area contributed by atoms with Gasteiger partial charge in [-0.2, -0.15) is 0 Å². The SMILES string of the molecule is COC(=O)c1nnc(-c2cc(Cl)cc([N+](=O)[O-])c2)o1. The first-order valence-corrected chi connectivity index (χ1v) is 5.26. The summed E-state index contributed by atoms with van der Waals surface area (Å²) >= 11 is 5.75. The zero-order chi connectivity index (χ0) is 14.0. The lowest BCUT2D eigenvalue weighted by atomic mass is 10.2. The van der Waals surface area contributed by atoms with Crippen LogP contribution in [0.3, 0.4) is 0 Å². The average Bonchev–Trinajstić information content (AvgIpc) is 2.86. The molecule has 0 aliphatic rings. The highest BCUT2D eigenvalue weighted by Gasteiger charge is 2.18. The van der Waals surface area contributed by atoms with Crippen LogP contribution in [-0.4, -0.2) is 28.2 Å². The first-order chi connectivity index (χ1) is 9.01. The lowest BCUT2D eigenvalue weighted by Gasteiger charge is -1.97. The predicted octanol–water partition coefficient (Wildman–Crippen LogP) is 2.08. The lowest BCUT2D eigenvalue weighted by Crippen LogP contribution is -2.00. The van der Waals surface area contributed by atoms with Gasteiger partial charge in [0.1, 0.15) is 0 Å². The number of nitro benzene ring substituents is 1. The number of hydrogen-bond acceptors (Lipinski definition) is 7. The molecule has 8 nitrogen and oxygen atoms in total. The summed E-state index contributed by atoms with van der Waals surface area (Å²) in [7, 11) is 1.16. The Hall–Kier alpha value is -2.48. The zero-order valence-electron chi connectivity index (χ0n) is 9.49. The number of carbonyl (C=O) groups excluding carboxylic acids is 1. The van der Waals surface area contributed by atoms with Crippen LogP contribution in [0, 0.1) is 10.1 Å². The van der Waals surface area contributed by atoms with Gasteiger partial charge >= 0.3 is 11.9 Å². The van der Waals surface area contributed by atoms with Crippen molar-refractivity contribution in [2.24, 2.45) is 0 Å². The number of hydrogen-bond donors (Lipinski definition) is 0. The molecule has 19 heavy (non-hydrogen) atoms.